The highest BCUT2D eigenvalue weighted by Gasteiger charge is 2.17. The molecule has 0 bridgehead atoms. The van der Waals surface area contributed by atoms with Gasteiger partial charge in [-0.3, -0.25) is 14.5 Å². The van der Waals surface area contributed by atoms with E-state index in [-0.39, 0.29) is 24.2 Å². The van der Waals surface area contributed by atoms with Gasteiger partial charge in [0, 0.05) is 66.0 Å². The molecule has 0 aliphatic rings. The highest BCUT2D eigenvalue weighted by atomic mass is 32.2. The smallest absolute Gasteiger partial charge is 0.253 e. The third kappa shape index (κ3) is 5.50. The molecule has 0 radical (unpaired) electrons. The summed E-state index contributed by atoms with van der Waals surface area (Å²) in [6.45, 7) is 8.44. The average Bonchev–Trinajstić information content (AvgIpc) is 3.68. The molecule has 0 saturated heterocycles. The Morgan fingerprint density at radius 1 is 1.00 bits per heavy atom. The van der Waals surface area contributed by atoms with Gasteiger partial charge in [-0.15, -0.1) is 0 Å². The van der Waals surface area contributed by atoms with Crippen LogP contribution in [0.5, 0.6) is 0 Å². The molecule has 40 heavy (non-hydrogen) atoms. The molecule has 0 aromatic carbocycles. The molecule has 0 fully saturated rings. The predicted molar refractivity (Wildman–Crippen MR) is 151 cm³/mol. The van der Waals surface area contributed by atoms with Crippen molar-refractivity contribution in [1.82, 2.24) is 43.8 Å². The van der Waals surface area contributed by atoms with E-state index in [1.807, 2.05) is 25.4 Å². The topological polar surface area (TPSA) is 142 Å². The first-order chi connectivity index (χ1) is 19.2. The van der Waals surface area contributed by atoms with Crippen LogP contribution in [-0.4, -0.2) is 65.1 Å². The number of carbonyl (C=O) groups excluding carboxylic acids is 1. The van der Waals surface area contributed by atoms with Gasteiger partial charge in [0.1, 0.15) is 6.54 Å². The zero-order valence-electron chi connectivity index (χ0n) is 22.8. The quantitative estimate of drug-likeness (QED) is 0.274. The molecule has 0 spiro atoms. The van der Waals surface area contributed by atoms with E-state index in [4.69, 9.17) is 4.98 Å². The predicted octanol–water partition coefficient (Wildman–Crippen LogP) is 3.06. The maximum absolute atomic E-state index is 12.1. The number of amides is 1. The summed E-state index contributed by atoms with van der Waals surface area (Å²) >= 11 is 0. The fourth-order valence-corrected chi connectivity index (χ4v) is 5.18. The van der Waals surface area contributed by atoms with Gasteiger partial charge in [-0.2, -0.15) is 14.3 Å². The van der Waals surface area contributed by atoms with Gasteiger partial charge in [-0.1, -0.05) is 0 Å². The Hall–Kier alpha value is -4.39. The van der Waals surface area contributed by atoms with Crippen molar-refractivity contribution >= 4 is 26.8 Å². The lowest BCUT2D eigenvalue weighted by atomic mass is 10.1. The number of fused-ring (bicyclic) bond motifs is 1. The summed E-state index contributed by atoms with van der Waals surface area (Å²) < 4.78 is 29.0. The van der Waals surface area contributed by atoms with Crippen LogP contribution in [0.25, 0.3) is 33.4 Å². The summed E-state index contributed by atoms with van der Waals surface area (Å²) in [6.07, 6.45) is 12.6. The first-order valence-electron chi connectivity index (χ1n) is 13.1. The number of carbonyl (C=O) groups is 1. The zero-order chi connectivity index (χ0) is 28.4. The molecule has 12 nitrogen and oxygen atoms in total. The van der Waals surface area contributed by atoms with Crippen LogP contribution in [0.2, 0.25) is 0 Å². The Kier molecular flexibility index (Phi) is 7.48. The third-order valence-electron chi connectivity index (χ3n) is 6.50. The first kappa shape index (κ1) is 27.2. The van der Waals surface area contributed by atoms with E-state index < -0.39 is 10.0 Å². The number of aromatic nitrogens is 8. The summed E-state index contributed by atoms with van der Waals surface area (Å²) in [4.78, 5) is 25.7. The van der Waals surface area contributed by atoms with Gasteiger partial charge in [0.2, 0.25) is 5.91 Å². The molecule has 5 heterocycles. The standard InChI is InChI=1S/C27H31N9O3S/c1-5-28-26(37)17-34-14-19(11-31-34)24-16-35(18(3)4)25-10-22(30-13-23(24)25)9-21-7-8-29-27(33-21)20-12-32-36(15-20)40(38,39)6-2/h7-8,10-16,18H,5-6,9,17H2,1-4H3,(H,28,37). The second kappa shape index (κ2) is 11.0. The van der Waals surface area contributed by atoms with Crippen molar-refractivity contribution in [1.29, 1.82) is 0 Å². The number of pyridine rings is 1. The van der Waals surface area contributed by atoms with Gasteiger partial charge in [-0.05, 0) is 39.8 Å². The minimum absolute atomic E-state index is 0.0541. The molecule has 1 N–H and O–H groups in total. The Morgan fingerprint density at radius 2 is 1.80 bits per heavy atom. The lowest BCUT2D eigenvalue weighted by molar-refractivity contribution is -0.121. The highest BCUT2D eigenvalue weighted by Crippen LogP contribution is 2.32. The minimum Gasteiger partial charge on any atom is -0.355 e. The van der Waals surface area contributed by atoms with Crippen LogP contribution in [-0.2, 0) is 27.8 Å². The molecule has 0 aliphatic carbocycles. The van der Waals surface area contributed by atoms with Crippen LogP contribution >= 0.6 is 0 Å². The van der Waals surface area contributed by atoms with Crippen LogP contribution in [0.3, 0.4) is 0 Å². The fourth-order valence-electron chi connectivity index (χ4n) is 4.45. The van der Waals surface area contributed by atoms with Crippen molar-refractivity contribution in [3.05, 3.63) is 66.9 Å². The molecule has 1 amide bonds. The summed E-state index contributed by atoms with van der Waals surface area (Å²) in [5.74, 6) is 0.260. The van der Waals surface area contributed by atoms with Crippen LogP contribution in [0, 0.1) is 0 Å². The van der Waals surface area contributed by atoms with Gasteiger partial charge >= 0.3 is 0 Å². The van der Waals surface area contributed by atoms with E-state index >= 15 is 0 Å². The summed E-state index contributed by atoms with van der Waals surface area (Å²) in [5, 5.41) is 12.1. The van der Waals surface area contributed by atoms with Gasteiger partial charge in [0.15, 0.2) is 5.82 Å². The molecule has 208 valence electrons. The summed E-state index contributed by atoms with van der Waals surface area (Å²) in [6, 6.07) is 4.09. The van der Waals surface area contributed by atoms with Crippen molar-refractivity contribution in [3.63, 3.8) is 0 Å². The second-order valence-electron chi connectivity index (χ2n) is 9.67. The minimum atomic E-state index is -3.49. The van der Waals surface area contributed by atoms with Gasteiger partial charge < -0.3 is 9.88 Å². The lowest BCUT2D eigenvalue weighted by Crippen LogP contribution is -2.27. The molecule has 5 aromatic rings. The fraction of sp³-hybridized carbons (Fsp3) is 0.333. The van der Waals surface area contributed by atoms with Gasteiger partial charge in [0.05, 0.1) is 41.1 Å². The Balaban J connectivity index is 1.43. The largest absolute Gasteiger partial charge is 0.355 e. The number of likely N-dealkylation sites (N-methyl/N-ethyl adjacent to an activating group) is 1. The van der Waals surface area contributed by atoms with Crippen molar-refractivity contribution in [2.24, 2.45) is 0 Å². The van der Waals surface area contributed by atoms with Gasteiger partial charge in [0.25, 0.3) is 10.0 Å². The van der Waals surface area contributed by atoms with Crippen molar-refractivity contribution in [2.75, 3.05) is 12.3 Å². The molecule has 13 heteroatoms. The summed E-state index contributed by atoms with van der Waals surface area (Å²) in [7, 11) is -3.49. The third-order valence-corrected chi connectivity index (χ3v) is 8.00. The number of rotatable bonds is 10. The highest BCUT2D eigenvalue weighted by molar-refractivity contribution is 7.89. The number of nitrogens with one attached hydrogen (secondary N) is 1. The Morgan fingerprint density at radius 3 is 2.55 bits per heavy atom. The zero-order valence-corrected chi connectivity index (χ0v) is 23.6. The maximum atomic E-state index is 12.1. The number of nitrogens with zero attached hydrogens (tertiary/aromatic N) is 8. The maximum Gasteiger partial charge on any atom is 0.253 e. The SMILES string of the molecule is CCNC(=O)Cn1cc(-c2cn(C(C)C)c3cc(Cc4ccnc(-c5cnn(S(=O)(=O)CC)c5)n4)ncc23)cn1. The Labute approximate surface area is 232 Å². The lowest BCUT2D eigenvalue weighted by Gasteiger charge is -2.10. The van der Waals surface area contributed by atoms with Crippen LogP contribution in [0.15, 0.2) is 55.5 Å². The van der Waals surface area contributed by atoms with Crippen LogP contribution in [0.4, 0.5) is 0 Å². The van der Waals surface area contributed by atoms with E-state index in [9.17, 15) is 13.2 Å². The molecule has 0 atom stereocenters. The van der Waals surface area contributed by atoms with Crippen molar-refractivity contribution in [3.8, 4) is 22.5 Å². The number of hydrogen-bond donors (Lipinski definition) is 1. The van der Waals surface area contributed by atoms with E-state index in [1.165, 1.54) is 12.4 Å². The normalized spacial score (nSPS) is 11.9. The molecular formula is C27H31N9O3S. The van der Waals surface area contributed by atoms with E-state index in [0.29, 0.717) is 24.4 Å². The second-order valence-corrected chi connectivity index (χ2v) is 11.8. The van der Waals surface area contributed by atoms with E-state index in [1.54, 1.807) is 24.0 Å². The Bertz CT molecular complexity index is 1780. The van der Waals surface area contributed by atoms with E-state index in [2.05, 4.69) is 56.2 Å². The monoisotopic (exact) mass is 561 g/mol. The van der Waals surface area contributed by atoms with Crippen LogP contribution in [0.1, 0.15) is 45.1 Å². The van der Waals surface area contributed by atoms with E-state index in [0.717, 1.165) is 37.5 Å². The molecule has 0 unspecified atom stereocenters. The van der Waals surface area contributed by atoms with Crippen molar-refractivity contribution < 1.29 is 13.2 Å². The van der Waals surface area contributed by atoms with Gasteiger partial charge in [-0.25, -0.2) is 18.4 Å². The molecule has 0 saturated carbocycles. The number of hydrogen-bond acceptors (Lipinski definition) is 8. The van der Waals surface area contributed by atoms with Crippen LogP contribution < -0.4 is 5.32 Å². The first-order valence-corrected chi connectivity index (χ1v) is 14.7. The summed E-state index contributed by atoms with van der Waals surface area (Å²) in [5.41, 5.74) is 5.04. The van der Waals surface area contributed by atoms with Crippen molar-refractivity contribution in [2.45, 2.75) is 46.7 Å². The average molecular weight is 562 g/mol. The molecule has 5 rings (SSSR count). The molecule has 5 aromatic heterocycles. The molecular weight excluding hydrogens is 530 g/mol. The molecule has 0 aliphatic heterocycles.